The van der Waals surface area contributed by atoms with E-state index in [1.165, 1.54) is 0 Å². The molecule has 84 valence electrons. The Morgan fingerprint density at radius 3 is 2.47 bits per heavy atom. The van der Waals surface area contributed by atoms with Crippen molar-refractivity contribution in [1.82, 2.24) is 0 Å². The molecule has 3 N–H and O–H groups in total. The zero-order chi connectivity index (χ0) is 11.3. The number of aliphatic hydroxyl groups excluding tert-OH is 2. The Labute approximate surface area is 89.5 Å². The van der Waals surface area contributed by atoms with Gasteiger partial charge in [-0.25, -0.2) is 0 Å². The molecule has 0 spiro atoms. The fourth-order valence-electron chi connectivity index (χ4n) is 1.35. The number of anilines is 1. The topological polar surface area (TPSA) is 61.7 Å². The molecule has 15 heavy (non-hydrogen) atoms. The van der Waals surface area contributed by atoms with Gasteiger partial charge in [-0.05, 0) is 30.7 Å². The van der Waals surface area contributed by atoms with Crippen molar-refractivity contribution in [3.05, 3.63) is 23.8 Å². The van der Waals surface area contributed by atoms with Crippen molar-refractivity contribution in [2.45, 2.75) is 13.0 Å². The van der Waals surface area contributed by atoms with Crippen LogP contribution in [0.1, 0.15) is 5.56 Å². The number of ether oxygens (including phenoxy) is 1. The summed E-state index contributed by atoms with van der Waals surface area (Å²) in [5.41, 5.74) is 1.87. The first-order chi connectivity index (χ1) is 7.21. The third-order valence-corrected chi connectivity index (χ3v) is 2.21. The highest BCUT2D eigenvalue weighted by Crippen LogP contribution is 2.21. The number of methoxy groups -OCH3 is 1. The minimum Gasteiger partial charge on any atom is -0.496 e. The van der Waals surface area contributed by atoms with E-state index >= 15 is 0 Å². The smallest absolute Gasteiger partial charge is 0.121 e. The third-order valence-electron chi connectivity index (χ3n) is 2.21. The summed E-state index contributed by atoms with van der Waals surface area (Å²) in [5.74, 6) is 0.824. The maximum absolute atomic E-state index is 8.91. The molecule has 0 heterocycles. The zero-order valence-electron chi connectivity index (χ0n) is 9.03. The van der Waals surface area contributed by atoms with Crippen molar-refractivity contribution in [2.24, 2.45) is 0 Å². The minimum absolute atomic E-state index is 0.0957. The van der Waals surface area contributed by atoms with Crippen LogP contribution in [-0.2, 0) is 0 Å². The van der Waals surface area contributed by atoms with Crippen LogP contribution in [0.15, 0.2) is 18.2 Å². The van der Waals surface area contributed by atoms with E-state index in [9.17, 15) is 0 Å². The van der Waals surface area contributed by atoms with Crippen LogP contribution in [0.5, 0.6) is 5.75 Å². The molecular formula is C11H17NO3. The van der Waals surface area contributed by atoms with Crippen molar-refractivity contribution < 1.29 is 14.9 Å². The lowest BCUT2D eigenvalue weighted by Crippen LogP contribution is -2.27. The summed E-state index contributed by atoms with van der Waals surface area (Å²) in [4.78, 5) is 0. The summed E-state index contributed by atoms with van der Waals surface area (Å²) in [6.45, 7) is 1.75. The van der Waals surface area contributed by atoms with Crippen molar-refractivity contribution in [1.29, 1.82) is 0 Å². The number of aryl methyl sites for hydroxylation is 1. The lowest BCUT2D eigenvalue weighted by atomic mass is 10.2. The highest BCUT2D eigenvalue weighted by Gasteiger charge is 2.06. The van der Waals surface area contributed by atoms with Crippen LogP contribution in [0.25, 0.3) is 0 Å². The van der Waals surface area contributed by atoms with Crippen LogP contribution in [0, 0.1) is 6.92 Å². The summed E-state index contributed by atoms with van der Waals surface area (Å²) in [6, 6.07) is 5.29. The van der Waals surface area contributed by atoms with Gasteiger partial charge in [0.05, 0.1) is 26.4 Å². The molecule has 1 aromatic carbocycles. The summed E-state index contributed by atoms with van der Waals surface area (Å²) in [7, 11) is 1.62. The lowest BCUT2D eigenvalue weighted by molar-refractivity contribution is 0.204. The van der Waals surface area contributed by atoms with Gasteiger partial charge in [-0.2, -0.15) is 0 Å². The average molecular weight is 211 g/mol. The molecule has 1 aromatic rings. The predicted octanol–water partition coefficient (Wildman–Crippen LogP) is 0.769. The van der Waals surface area contributed by atoms with Gasteiger partial charge in [0.25, 0.3) is 0 Å². The van der Waals surface area contributed by atoms with Gasteiger partial charge in [-0.15, -0.1) is 0 Å². The first-order valence-corrected chi connectivity index (χ1v) is 4.84. The Hall–Kier alpha value is -1.26. The van der Waals surface area contributed by atoms with Crippen molar-refractivity contribution in [2.75, 3.05) is 25.6 Å². The van der Waals surface area contributed by atoms with Crippen molar-refractivity contribution in [3.8, 4) is 5.75 Å². The van der Waals surface area contributed by atoms with E-state index in [4.69, 9.17) is 14.9 Å². The van der Waals surface area contributed by atoms with Gasteiger partial charge in [-0.3, -0.25) is 0 Å². The second-order valence-corrected chi connectivity index (χ2v) is 3.39. The van der Waals surface area contributed by atoms with Crippen LogP contribution in [0.2, 0.25) is 0 Å². The molecule has 0 aliphatic rings. The van der Waals surface area contributed by atoms with Gasteiger partial charge < -0.3 is 20.3 Å². The molecular weight excluding hydrogens is 194 g/mol. The van der Waals surface area contributed by atoms with Gasteiger partial charge in [0, 0.05) is 5.69 Å². The van der Waals surface area contributed by atoms with E-state index in [2.05, 4.69) is 5.32 Å². The maximum atomic E-state index is 8.91. The molecule has 0 amide bonds. The van der Waals surface area contributed by atoms with Gasteiger partial charge >= 0.3 is 0 Å². The SMILES string of the molecule is COc1ccc(NC(CO)CO)cc1C. The number of nitrogens with one attached hydrogen (secondary N) is 1. The van der Waals surface area contributed by atoms with Crippen LogP contribution >= 0.6 is 0 Å². The summed E-state index contributed by atoms with van der Waals surface area (Å²) >= 11 is 0. The molecule has 0 saturated carbocycles. The first kappa shape index (κ1) is 11.8. The molecule has 0 aromatic heterocycles. The lowest BCUT2D eigenvalue weighted by Gasteiger charge is -2.15. The van der Waals surface area contributed by atoms with E-state index in [1.807, 2.05) is 25.1 Å². The van der Waals surface area contributed by atoms with E-state index in [0.29, 0.717) is 0 Å². The molecule has 1 rings (SSSR count). The maximum Gasteiger partial charge on any atom is 0.121 e. The molecule has 0 saturated heterocycles. The number of rotatable bonds is 5. The van der Waals surface area contributed by atoms with E-state index < -0.39 is 0 Å². The van der Waals surface area contributed by atoms with E-state index in [-0.39, 0.29) is 19.3 Å². The predicted molar refractivity (Wildman–Crippen MR) is 59.3 cm³/mol. The van der Waals surface area contributed by atoms with Gasteiger partial charge in [0.2, 0.25) is 0 Å². The second-order valence-electron chi connectivity index (χ2n) is 3.39. The Morgan fingerprint density at radius 2 is 2.00 bits per heavy atom. The quantitative estimate of drug-likeness (QED) is 0.673. The minimum atomic E-state index is -0.321. The van der Waals surface area contributed by atoms with Gasteiger partial charge in [-0.1, -0.05) is 0 Å². The molecule has 0 bridgehead atoms. The van der Waals surface area contributed by atoms with Crippen molar-refractivity contribution >= 4 is 5.69 Å². The zero-order valence-corrected chi connectivity index (χ0v) is 9.03. The molecule has 0 aliphatic heterocycles. The second kappa shape index (κ2) is 5.58. The number of hydrogen-bond acceptors (Lipinski definition) is 4. The van der Waals surface area contributed by atoms with Gasteiger partial charge in [0.1, 0.15) is 5.75 Å². The van der Waals surface area contributed by atoms with Crippen LogP contribution < -0.4 is 10.1 Å². The molecule has 0 fully saturated rings. The molecule has 4 nitrogen and oxygen atoms in total. The fraction of sp³-hybridized carbons (Fsp3) is 0.455. The summed E-state index contributed by atoms with van der Waals surface area (Å²) < 4.78 is 5.13. The van der Waals surface area contributed by atoms with Crippen LogP contribution in [-0.4, -0.2) is 36.6 Å². The normalized spacial score (nSPS) is 10.5. The highest BCUT2D eigenvalue weighted by atomic mass is 16.5. The van der Waals surface area contributed by atoms with Crippen LogP contribution in [0.4, 0.5) is 5.69 Å². The third kappa shape index (κ3) is 3.11. The highest BCUT2D eigenvalue weighted by molar-refractivity contribution is 5.51. The van der Waals surface area contributed by atoms with E-state index in [1.54, 1.807) is 7.11 Å². The molecule has 4 heteroatoms. The fourth-order valence-corrected chi connectivity index (χ4v) is 1.35. The molecule has 0 radical (unpaired) electrons. The Kier molecular flexibility index (Phi) is 4.39. The Morgan fingerprint density at radius 1 is 1.33 bits per heavy atom. The Bertz CT molecular complexity index is 311. The average Bonchev–Trinajstić information content (AvgIpc) is 2.26. The number of benzene rings is 1. The van der Waals surface area contributed by atoms with Crippen molar-refractivity contribution in [3.63, 3.8) is 0 Å². The number of hydrogen-bond donors (Lipinski definition) is 3. The molecule has 0 aliphatic carbocycles. The standard InChI is InChI=1S/C11H17NO3/c1-8-5-9(3-4-11(8)15-2)12-10(6-13)7-14/h3-5,10,12-14H,6-7H2,1-2H3. The Balaban J connectivity index is 2.74. The molecule has 0 unspecified atom stereocenters. The monoisotopic (exact) mass is 211 g/mol. The number of aliphatic hydroxyl groups is 2. The first-order valence-electron chi connectivity index (χ1n) is 4.84. The summed E-state index contributed by atoms with van der Waals surface area (Å²) in [6.07, 6.45) is 0. The van der Waals surface area contributed by atoms with Gasteiger partial charge in [0.15, 0.2) is 0 Å². The largest absolute Gasteiger partial charge is 0.496 e. The van der Waals surface area contributed by atoms with Crippen LogP contribution in [0.3, 0.4) is 0 Å². The summed E-state index contributed by atoms with van der Waals surface area (Å²) in [5, 5.41) is 20.8. The van der Waals surface area contributed by atoms with E-state index in [0.717, 1.165) is 17.0 Å². The molecule has 0 atom stereocenters.